The van der Waals surface area contributed by atoms with Crippen LogP contribution < -0.4 is 5.73 Å². The van der Waals surface area contributed by atoms with E-state index in [1.807, 2.05) is 78.9 Å². The molecular weight excluding hydrogens is 296 g/mol. The van der Waals surface area contributed by atoms with Crippen molar-refractivity contribution >= 4 is 5.91 Å². The standard InChI is InChI=1S/C21H20N2O/c22-20(24)21(17-9-3-1-4-10-17,18-11-5-2-6-12-18)15-14-19-13-7-8-16-23-19/h1-13,16H,14-15H2,(H2,22,24). The molecule has 3 nitrogen and oxygen atoms in total. The predicted octanol–water partition coefficient (Wildman–Crippen LogP) is 3.49. The van der Waals surface area contributed by atoms with Crippen molar-refractivity contribution in [2.75, 3.05) is 0 Å². The second-order valence-electron chi connectivity index (χ2n) is 5.82. The van der Waals surface area contributed by atoms with Gasteiger partial charge in [-0.1, -0.05) is 66.7 Å². The molecule has 120 valence electrons. The van der Waals surface area contributed by atoms with Crippen LogP contribution in [-0.4, -0.2) is 10.9 Å². The van der Waals surface area contributed by atoms with E-state index in [0.29, 0.717) is 12.8 Å². The van der Waals surface area contributed by atoms with Gasteiger partial charge in [0.2, 0.25) is 5.91 Å². The predicted molar refractivity (Wildman–Crippen MR) is 95.4 cm³/mol. The third-order valence-electron chi connectivity index (χ3n) is 4.44. The Morgan fingerprint density at radius 3 is 1.83 bits per heavy atom. The van der Waals surface area contributed by atoms with E-state index >= 15 is 0 Å². The molecule has 0 spiro atoms. The highest BCUT2D eigenvalue weighted by Crippen LogP contribution is 2.36. The number of pyridine rings is 1. The van der Waals surface area contributed by atoms with Gasteiger partial charge in [-0.2, -0.15) is 0 Å². The first-order valence-corrected chi connectivity index (χ1v) is 8.04. The topological polar surface area (TPSA) is 56.0 Å². The smallest absolute Gasteiger partial charge is 0.232 e. The zero-order valence-corrected chi connectivity index (χ0v) is 13.4. The Labute approximate surface area is 142 Å². The summed E-state index contributed by atoms with van der Waals surface area (Å²) < 4.78 is 0. The average Bonchev–Trinajstić information content (AvgIpc) is 2.65. The van der Waals surface area contributed by atoms with E-state index in [1.54, 1.807) is 6.20 Å². The molecule has 24 heavy (non-hydrogen) atoms. The Kier molecular flexibility index (Phi) is 4.71. The summed E-state index contributed by atoms with van der Waals surface area (Å²) in [6.45, 7) is 0. The van der Waals surface area contributed by atoms with Crippen LogP contribution in [0.2, 0.25) is 0 Å². The van der Waals surface area contributed by atoms with E-state index in [-0.39, 0.29) is 5.91 Å². The van der Waals surface area contributed by atoms with Gasteiger partial charge in [0.25, 0.3) is 0 Å². The Bertz CT molecular complexity index is 746. The van der Waals surface area contributed by atoms with Crippen molar-refractivity contribution in [2.24, 2.45) is 5.73 Å². The van der Waals surface area contributed by atoms with Gasteiger partial charge in [0.05, 0.1) is 5.41 Å². The van der Waals surface area contributed by atoms with E-state index in [9.17, 15) is 4.79 Å². The molecule has 0 aliphatic carbocycles. The average molecular weight is 316 g/mol. The molecule has 0 saturated heterocycles. The highest BCUT2D eigenvalue weighted by molar-refractivity contribution is 5.90. The number of amides is 1. The lowest BCUT2D eigenvalue weighted by molar-refractivity contribution is -0.122. The molecule has 0 bridgehead atoms. The molecule has 0 aliphatic heterocycles. The number of hydrogen-bond donors (Lipinski definition) is 1. The Morgan fingerprint density at radius 1 is 0.833 bits per heavy atom. The minimum atomic E-state index is -0.861. The van der Waals surface area contributed by atoms with Crippen LogP contribution in [0.3, 0.4) is 0 Å². The number of hydrogen-bond acceptors (Lipinski definition) is 2. The van der Waals surface area contributed by atoms with Gasteiger partial charge in [0, 0.05) is 11.9 Å². The summed E-state index contributed by atoms with van der Waals surface area (Å²) in [5.41, 5.74) is 7.87. The maximum Gasteiger partial charge on any atom is 0.232 e. The third-order valence-corrected chi connectivity index (χ3v) is 4.44. The third kappa shape index (κ3) is 3.06. The summed E-state index contributed by atoms with van der Waals surface area (Å²) in [6.07, 6.45) is 3.02. The van der Waals surface area contributed by atoms with E-state index < -0.39 is 5.41 Å². The fourth-order valence-electron chi connectivity index (χ4n) is 3.17. The van der Waals surface area contributed by atoms with Gasteiger partial charge in [-0.05, 0) is 36.1 Å². The highest BCUT2D eigenvalue weighted by Gasteiger charge is 2.39. The van der Waals surface area contributed by atoms with Gasteiger partial charge < -0.3 is 5.73 Å². The molecule has 3 aromatic rings. The van der Waals surface area contributed by atoms with Gasteiger partial charge in [-0.25, -0.2) is 0 Å². The fraction of sp³-hybridized carbons (Fsp3) is 0.143. The summed E-state index contributed by atoms with van der Waals surface area (Å²) in [6, 6.07) is 25.3. The highest BCUT2D eigenvalue weighted by atomic mass is 16.1. The molecule has 1 aromatic heterocycles. The van der Waals surface area contributed by atoms with Crippen molar-refractivity contribution in [2.45, 2.75) is 18.3 Å². The first kappa shape index (κ1) is 15.9. The lowest BCUT2D eigenvalue weighted by Crippen LogP contribution is -2.42. The SMILES string of the molecule is NC(=O)C(CCc1ccccn1)(c1ccccc1)c1ccccc1. The lowest BCUT2D eigenvalue weighted by atomic mass is 9.70. The summed E-state index contributed by atoms with van der Waals surface area (Å²) in [5.74, 6) is -0.337. The van der Waals surface area contributed by atoms with Crippen molar-refractivity contribution in [3.63, 3.8) is 0 Å². The van der Waals surface area contributed by atoms with Gasteiger partial charge in [-0.3, -0.25) is 9.78 Å². The zero-order chi connectivity index (χ0) is 16.8. The minimum absolute atomic E-state index is 0.337. The fourth-order valence-corrected chi connectivity index (χ4v) is 3.17. The quantitative estimate of drug-likeness (QED) is 0.757. The molecule has 1 heterocycles. The first-order chi connectivity index (χ1) is 11.7. The van der Waals surface area contributed by atoms with Gasteiger partial charge in [0.1, 0.15) is 0 Å². The number of carbonyl (C=O) groups is 1. The number of aromatic nitrogens is 1. The normalized spacial score (nSPS) is 11.2. The largest absolute Gasteiger partial charge is 0.369 e. The van der Waals surface area contributed by atoms with Crippen molar-refractivity contribution in [1.29, 1.82) is 0 Å². The molecule has 0 radical (unpaired) electrons. The molecule has 0 atom stereocenters. The van der Waals surface area contributed by atoms with Gasteiger partial charge >= 0.3 is 0 Å². The molecule has 3 heteroatoms. The van der Waals surface area contributed by atoms with Crippen LogP contribution in [0.4, 0.5) is 0 Å². The maximum atomic E-state index is 12.6. The van der Waals surface area contributed by atoms with E-state index in [2.05, 4.69) is 4.98 Å². The van der Waals surface area contributed by atoms with Crippen LogP contribution in [0.5, 0.6) is 0 Å². The van der Waals surface area contributed by atoms with Crippen molar-refractivity contribution < 1.29 is 4.79 Å². The molecule has 2 N–H and O–H groups in total. The van der Waals surface area contributed by atoms with Gasteiger partial charge in [-0.15, -0.1) is 0 Å². The maximum absolute atomic E-state index is 12.6. The van der Waals surface area contributed by atoms with E-state index in [4.69, 9.17) is 5.73 Å². The Morgan fingerprint density at radius 2 is 1.38 bits per heavy atom. The summed E-state index contributed by atoms with van der Waals surface area (Å²) in [7, 11) is 0. The Balaban J connectivity index is 2.07. The zero-order valence-electron chi connectivity index (χ0n) is 13.4. The minimum Gasteiger partial charge on any atom is -0.369 e. The number of nitrogens with zero attached hydrogens (tertiary/aromatic N) is 1. The van der Waals surface area contributed by atoms with Crippen LogP contribution in [0, 0.1) is 0 Å². The van der Waals surface area contributed by atoms with Crippen LogP contribution in [0.1, 0.15) is 23.2 Å². The van der Waals surface area contributed by atoms with Gasteiger partial charge in [0.15, 0.2) is 0 Å². The van der Waals surface area contributed by atoms with Crippen LogP contribution in [-0.2, 0) is 16.6 Å². The number of nitrogens with two attached hydrogens (primary N) is 1. The van der Waals surface area contributed by atoms with Crippen LogP contribution in [0.15, 0.2) is 85.1 Å². The van der Waals surface area contributed by atoms with Crippen LogP contribution in [0.25, 0.3) is 0 Å². The van der Waals surface area contributed by atoms with Crippen molar-refractivity contribution in [1.82, 2.24) is 4.98 Å². The molecule has 3 rings (SSSR count). The number of benzene rings is 2. The van der Waals surface area contributed by atoms with Crippen molar-refractivity contribution in [3.05, 3.63) is 102 Å². The van der Waals surface area contributed by atoms with E-state index in [0.717, 1.165) is 16.8 Å². The number of carbonyl (C=O) groups excluding carboxylic acids is 1. The summed E-state index contributed by atoms with van der Waals surface area (Å²) in [4.78, 5) is 17.0. The molecule has 0 aliphatic rings. The second kappa shape index (κ2) is 7.09. The molecule has 0 fully saturated rings. The molecule has 2 aromatic carbocycles. The molecular formula is C21H20N2O. The monoisotopic (exact) mass is 316 g/mol. The summed E-state index contributed by atoms with van der Waals surface area (Å²) in [5, 5.41) is 0. The number of primary amides is 1. The lowest BCUT2D eigenvalue weighted by Gasteiger charge is -2.32. The number of aryl methyl sites for hydroxylation is 1. The summed E-state index contributed by atoms with van der Waals surface area (Å²) >= 11 is 0. The van der Waals surface area contributed by atoms with Crippen molar-refractivity contribution in [3.8, 4) is 0 Å². The molecule has 1 amide bonds. The first-order valence-electron chi connectivity index (χ1n) is 8.04. The number of rotatable bonds is 6. The van der Waals surface area contributed by atoms with Crippen LogP contribution >= 0.6 is 0 Å². The van der Waals surface area contributed by atoms with E-state index in [1.165, 1.54) is 0 Å². The molecule has 0 saturated carbocycles. The molecule has 0 unspecified atom stereocenters. The second-order valence-corrected chi connectivity index (χ2v) is 5.82. The Hall–Kier alpha value is -2.94.